The van der Waals surface area contributed by atoms with Crippen LogP contribution in [0.15, 0.2) is 59.8 Å². The maximum absolute atomic E-state index is 15.5. The Hall–Kier alpha value is -4.45. The molecule has 1 atom stereocenters. The molecule has 0 bridgehead atoms. The summed E-state index contributed by atoms with van der Waals surface area (Å²) in [6.45, 7) is 0.433. The molecule has 2 aromatic heterocycles. The molecule has 2 aliphatic rings. The molecule has 1 aliphatic heterocycles. The van der Waals surface area contributed by atoms with Crippen molar-refractivity contribution in [1.82, 2.24) is 15.3 Å². The summed E-state index contributed by atoms with van der Waals surface area (Å²) in [5.74, 6) is -3.82. The van der Waals surface area contributed by atoms with Crippen molar-refractivity contribution in [2.24, 2.45) is 0 Å². The van der Waals surface area contributed by atoms with Crippen molar-refractivity contribution in [2.75, 3.05) is 4.72 Å². The summed E-state index contributed by atoms with van der Waals surface area (Å²) < 4.78 is 71.6. The summed E-state index contributed by atoms with van der Waals surface area (Å²) in [5.41, 5.74) is 1.21. The zero-order valence-electron chi connectivity index (χ0n) is 20.7. The fourth-order valence-electron chi connectivity index (χ4n) is 4.99. The first-order valence-electron chi connectivity index (χ1n) is 12.4. The van der Waals surface area contributed by atoms with E-state index in [4.69, 9.17) is 0 Å². The van der Waals surface area contributed by atoms with Crippen LogP contribution in [0.2, 0.25) is 0 Å². The number of nitrogens with one attached hydrogen (secondary N) is 3. The van der Waals surface area contributed by atoms with Gasteiger partial charge in [-0.1, -0.05) is 12.1 Å². The van der Waals surface area contributed by atoms with Crippen LogP contribution in [0.4, 0.5) is 18.9 Å². The van der Waals surface area contributed by atoms with Gasteiger partial charge in [-0.25, -0.2) is 26.6 Å². The lowest BCUT2D eigenvalue weighted by Gasteiger charge is -2.17. The van der Waals surface area contributed by atoms with E-state index in [2.05, 4.69) is 15.3 Å². The average molecular weight is 567 g/mol. The lowest BCUT2D eigenvalue weighted by atomic mass is 9.98. The number of pyridine rings is 1. The van der Waals surface area contributed by atoms with Gasteiger partial charge in [-0.2, -0.15) is 0 Å². The second-order valence-corrected chi connectivity index (χ2v) is 11.4. The van der Waals surface area contributed by atoms with Crippen LogP contribution in [0.25, 0.3) is 22.2 Å². The van der Waals surface area contributed by atoms with Crippen LogP contribution in [-0.2, 0) is 16.6 Å². The van der Waals surface area contributed by atoms with Crippen molar-refractivity contribution in [3.8, 4) is 11.1 Å². The lowest BCUT2D eigenvalue weighted by molar-refractivity contribution is 0.0964. The summed E-state index contributed by atoms with van der Waals surface area (Å²) in [6.07, 6.45) is 2.89. The van der Waals surface area contributed by atoms with Crippen molar-refractivity contribution >= 4 is 38.4 Å². The first kappa shape index (κ1) is 25.8. The minimum atomic E-state index is -4.33. The number of aromatic nitrogens is 2. The number of allylic oxidation sites excluding steroid dienone is 2. The number of fused-ring (bicyclic) bond motifs is 2. The molecular weight excluding hydrogens is 545 g/mol. The first-order valence-corrected chi connectivity index (χ1v) is 13.9. The van der Waals surface area contributed by atoms with E-state index in [0.29, 0.717) is 29.7 Å². The number of amides is 1. The summed E-state index contributed by atoms with van der Waals surface area (Å²) in [7, 11) is -4.33. The number of benzene rings is 2. The molecule has 1 unspecified atom stereocenters. The Balaban J connectivity index is 1.37. The highest BCUT2D eigenvalue weighted by atomic mass is 32.2. The number of ketones is 1. The van der Waals surface area contributed by atoms with Crippen LogP contribution in [0.5, 0.6) is 0 Å². The van der Waals surface area contributed by atoms with Gasteiger partial charge in [0, 0.05) is 41.0 Å². The Morgan fingerprint density at radius 1 is 1.10 bits per heavy atom. The molecule has 12 heteroatoms. The van der Waals surface area contributed by atoms with Crippen LogP contribution in [-0.4, -0.2) is 36.2 Å². The molecule has 204 valence electrons. The van der Waals surface area contributed by atoms with Crippen molar-refractivity contribution in [2.45, 2.75) is 32.0 Å². The number of anilines is 1. The first-order chi connectivity index (χ1) is 19.1. The number of sulfonamides is 1. The molecule has 0 saturated carbocycles. The maximum Gasteiger partial charge on any atom is 0.257 e. The number of hydrogen-bond donors (Lipinski definition) is 3. The van der Waals surface area contributed by atoms with E-state index in [1.165, 1.54) is 6.20 Å². The van der Waals surface area contributed by atoms with Gasteiger partial charge in [0.15, 0.2) is 5.82 Å². The third-order valence-electron chi connectivity index (χ3n) is 7.08. The van der Waals surface area contributed by atoms with E-state index in [9.17, 15) is 26.8 Å². The highest BCUT2D eigenvalue weighted by molar-refractivity contribution is 7.96. The molecule has 0 spiro atoms. The standard InChI is InChI=1S/C28H21F3N4O4S/c29-17-2-1-3-18(10-17)40(38,39)35-23-7-6-22(30)24(25(23)31)26(36)21-13-33-27-20(21)9-16(12-32-27)14-4-5-15-11-34-28(37)19(15)8-14/h4-10,12-13,17,35H,1-3,11H2,(H,32,33)(H,34,37). The molecule has 40 heavy (non-hydrogen) atoms. The Kier molecular flexibility index (Phi) is 6.21. The quantitative estimate of drug-likeness (QED) is 0.280. The van der Waals surface area contributed by atoms with Crippen molar-refractivity contribution < 1.29 is 31.2 Å². The highest BCUT2D eigenvalue weighted by Crippen LogP contribution is 2.32. The molecule has 8 nitrogen and oxygen atoms in total. The third kappa shape index (κ3) is 4.43. The van der Waals surface area contributed by atoms with Gasteiger partial charge < -0.3 is 10.3 Å². The summed E-state index contributed by atoms with van der Waals surface area (Å²) >= 11 is 0. The third-order valence-corrected chi connectivity index (χ3v) is 8.60. The number of rotatable bonds is 6. The summed E-state index contributed by atoms with van der Waals surface area (Å²) in [4.78, 5) is 32.4. The summed E-state index contributed by atoms with van der Waals surface area (Å²) in [6, 6.07) is 8.59. The fraction of sp³-hybridized carbons (Fsp3) is 0.179. The predicted octanol–water partition coefficient (Wildman–Crippen LogP) is 5.13. The minimum absolute atomic E-state index is 0.0733. The van der Waals surface area contributed by atoms with Crippen LogP contribution < -0.4 is 10.0 Å². The van der Waals surface area contributed by atoms with Gasteiger partial charge in [0.05, 0.1) is 16.2 Å². The van der Waals surface area contributed by atoms with E-state index < -0.39 is 44.9 Å². The Morgan fingerprint density at radius 3 is 2.73 bits per heavy atom. The second kappa shape index (κ2) is 9.63. The number of carbonyl (C=O) groups is 2. The molecular formula is C28H21F3N4O4S. The van der Waals surface area contributed by atoms with Crippen molar-refractivity contribution in [1.29, 1.82) is 0 Å². The number of alkyl halides is 1. The zero-order valence-corrected chi connectivity index (χ0v) is 21.5. The second-order valence-electron chi connectivity index (χ2n) is 9.64. The molecule has 6 rings (SSSR count). The molecule has 1 aliphatic carbocycles. The number of halogens is 3. The summed E-state index contributed by atoms with van der Waals surface area (Å²) in [5, 5.41) is 3.02. The van der Waals surface area contributed by atoms with Gasteiger partial charge >= 0.3 is 0 Å². The van der Waals surface area contributed by atoms with E-state index in [1.807, 2.05) is 10.8 Å². The highest BCUT2D eigenvalue weighted by Gasteiger charge is 2.28. The Morgan fingerprint density at radius 2 is 1.93 bits per heavy atom. The molecule has 3 N–H and O–H groups in total. The van der Waals surface area contributed by atoms with Gasteiger partial charge in [-0.05, 0) is 60.7 Å². The van der Waals surface area contributed by atoms with Crippen LogP contribution in [0.1, 0.15) is 51.1 Å². The molecule has 0 fully saturated rings. The average Bonchev–Trinajstić information content (AvgIpc) is 3.53. The number of H-pyrrole nitrogens is 1. The zero-order chi connectivity index (χ0) is 28.2. The number of carbonyl (C=O) groups excluding carboxylic acids is 2. The van der Waals surface area contributed by atoms with Crippen LogP contribution in [0.3, 0.4) is 0 Å². The molecule has 0 radical (unpaired) electrons. The monoisotopic (exact) mass is 566 g/mol. The SMILES string of the molecule is O=C1NCc2ccc(-c3cnc4[nH]cc(C(=O)c5c(F)ccc(NS(=O)(=O)C6=CC(F)CCC6)c5F)c4c3)cc21. The van der Waals surface area contributed by atoms with Gasteiger partial charge in [-0.3, -0.25) is 14.3 Å². The molecule has 0 saturated heterocycles. The lowest BCUT2D eigenvalue weighted by Crippen LogP contribution is -2.20. The van der Waals surface area contributed by atoms with E-state index >= 15 is 4.39 Å². The predicted molar refractivity (Wildman–Crippen MR) is 142 cm³/mol. The fourth-order valence-corrected chi connectivity index (χ4v) is 6.31. The Labute approximate surface area is 226 Å². The molecule has 2 aromatic carbocycles. The molecule has 1 amide bonds. The van der Waals surface area contributed by atoms with Gasteiger partial charge in [-0.15, -0.1) is 0 Å². The van der Waals surface area contributed by atoms with Gasteiger partial charge in [0.1, 0.15) is 17.6 Å². The van der Waals surface area contributed by atoms with Crippen molar-refractivity contribution in [3.05, 3.63) is 93.7 Å². The van der Waals surface area contributed by atoms with Gasteiger partial charge in [0.25, 0.3) is 15.9 Å². The largest absolute Gasteiger partial charge is 0.348 e. The van der Waals surface area contributed by atoms with E-state index in [-0.39, 0.29) is 40.3 Å². The normalized spacial score (nSPS) is 16.9. The van der Waals surface area contributed by atoms with Crippen molar-refractivity contribution in [3.63, 3.8) is 0 Å². The van der Waals surface area contributed by atoms with Gasteiger partial charge in [0.2, 0.25) is 5.78 Å². The van der Waals surface area contributed by atoms with E-state index in [1.54, 1.807) is 24.4 Å². The number of nitrogens with zero attached hydrogens (tertiary/aromatic N) is 1. The van der Waals surface area contributed by atoms with E-state index in [0.717, 1.165) is 23.8 Å². The smallest absolute Gasteiger partial charge is 0.257 e. The topological polar surface area (TPSA) is 121 Å². The minimum Gasteiger partial charge on any atom is -0.348 e. The number of aromatic amines is 1. The molecule has 4 aromatic rings. The number of hydrogen-bond acceptors (Lipinski definition) is 5. The van der Waals surface area contributed by atoms with Crippen LogP contribution >= 0.6 is 0 Å². The van der Waals surface area contributed by atoms with Crippen LogP contribution in [0, 0.1) is 11.6 Å². The Bertz CT molecular complexity index is 1870. The molecule has 3 heterocycles. The maximum atomic E-state index is 15.5.